The highest BCUT2D eigenvalue weighted by atomic mass is 19.4. The third-order valence-electron chi connectivity index (χ3n) is 3.03. The van der Waals surface area contributed by atoms with Crippen molar-refractivity contribution in [3.05, 3.63) is 29.3 Å². The SMILES string of the molecule is FC(F)(F)CCCc1ccc2c(c1)CCCN2. The fraction of sp³-hybridized carbons (Fsp3) is 0.538. The summed E-state index contributed by atoms with van der Waals surface area (Å²) in [6, 6.07) is 5.95. The van der Waals surface area contributed by atoms with Gasteiger partial charge in [-0.2, -0.15) is 13.2 Å². The van der Waals surface area contributed by atoms with Crippen molar-refractivity contribution in [2.75, 3.05) is 11.9 Å². The number of nitrogens with one attached hydrogen (secondary N) is 1. The second-order valence-corrected chi connectivity index (χ2v) is 4.49. The minimum atomic E-state index is -4.03. The molecule has 1 nitrogen and oxygen atoms in total. The van der Waals surface area contributed by atoms with Crippen LogP contribution in [0, 0.1) is 0 Å². The van der Waals surface area contributed by atoms with Gasteiger partial charge in [0.2, 0.25) is 0 Å². The first-order chi connectivity index (χ1) is 8.04. The Balaban J connectivity index is 1.93. The van der Waals surface area contributed by atoms with Crippen LogP contribution in [0.3, 0.4) is 0 Å². The fourth-order valence-corrected chi connectivity index (χ4v) is 2.18. The summed E-state index contributed by atoms with van der Waals surface area (Å²) in [6.45, 7) is 0.987. The molecule has 1 aromatic carbocycles. The van der Waals surface area contributed by atoms with Crippen molar-refractivity contribution >= 4 is 5.69 Å². The predicted molar refractivity (Wildman–Crippen MR) is 62.2 cm³/mol. The monoisotopic (exact) mass is 243 g/mol. The van der Waals surface area contributed by atoms with E-state index in [4.69, 9.17) is 0 Å². The number of alkyl halides is 3. The van der Waals surface area contributed by atoms with E-state index in [9.17, 15) is 13.2 Å². The number of hydrogen-bond donors (Lipinski definition) is 1. The molecule has 2 rings (SSSR count). The molecule has 1 aliphatic rings. The Labute approximate surface area is 99.0 Å². The second-order valence-electron chi connectivity index (χ2n) is 4.49. The summed E-state index contributed by atoms with van der Waals surface area (Å²) in [4.78, 5) is 0. The van der Waals surface area contributed by atoms with Crippen LogP contribution in [-0.4, -0.2) is 12.7 Å². The molecule has 0 bridgehead atoms. The van der Waals surface area contributed by atoms with Gasteiger partial charge in [0.1, 0.15) is 0 Å². The van der Waals surface area contributed by atoms with Crippen molar-refractivity contribution in [2.45, 2.75) is 38.3 Å². The van der Waals surface area contributed by atoms with Crippen LogP contribution < -0.4 is 5.32 Å². The quantitative estimate of drug-likeness (QED) is 0.848. The molecule has 4 heteroatoms. The van der Waals surface area contributed by atoms with Gasteiger partial charge in [-0.3, -0.25) is 0 Å². The normalized spacial score (nSPS) is 15.2. The first kappa shape index (κ1) is 12.3. The van der Waals surface area contributed by atoms with E-state index >= 15 is 0 Å². The molecule has 1 heterocycles. The molecule has 0 saturated heterocycles. The van der Waals surface area contributed by atoms with Crippen molar-refractivity contribution < 1.29 is 13.2 Å². The van der Waals surface area contributed by atoms with E-state index in [1.807, 2.05) is 18.2 Å². The number of fused-ring (bicyclic) bond motifs is 1. The molecule has 1 N–H and O–H groups in total. The van der Waals surface area contributed by atoms with Gasteiger partial charge in [0.15, 0.2) is 0 Å². The van der Waals surface area contributed by atoms with Gasteiger partial charge in [0, 0.05) is 18.7 Å². The highest BCUT2D eigenvalue weighted by Crippen LogP contribution is 2.25. The minimum Gasteiger partial charge on any atom is -0.385 e. The molecule has 94 valence electrons. The van der Waals surface area contributed by atoms with E-state index in [-0.39, 0.29) is 6.42 Å². The summed E-state index contributed by atoms with van der Waals surface area (Å²) in [5, 5.41) is 3.29. The van der Waals surface area contributed by atoms with Gasteiger partial charge in [-0.15, -0.1) is 0 Å². The van der Waals surface area contributed by atoms with E-state index in [0.29, 0.717) is 6.42 Å². The largest absolute Gasteiger partial charge is 0.389 e. The predicted octanol–water partition coefficient (Wildman–Crippen LogP) is 3.93. The summed E-state index contributed by atoms with van der Waals surface area (Å²) in [7, 11) is 0. The number of hydrogen-bond acceptors (Lipinski definition) is 1. The van der Waals surface area contributed by atoms with Crippen LogP contribution in [-0.2, 0) is 12.8 Å². The Bertz CT molecular complexity index is 385. The molecule has 1 aromatic rings. The maximum atomic E-state index is 12.0. The molecule has 1 aliphatic heterocycles. The molecular formula is C13H16F3N. The molecule has 0 aliphatic carbocycles. The van der Waals surface area contributed by atoms with Crippen LogP contribution in [0.25, 0.3) is 0 Å². The number of benzene rings is 1. The van der Waals surface area contributed by atoms with Gasteiger partial charge >= 0.3 is 6.18 Å². The van der Waals surface area contributed by atoms with Crippen molar-refractivity contribution in [1.82, 2.24) is 0 Å². The van der Waals surface area contributed by atoms with Gasteiger partial charge in [-0.1, -0.05) is 12.1 Å². The molecule has 0 saturated carbocycles. The molecule has 0 aromatic heterocycles. The van der Waals surface area contributed by atoms with E-state index in [0.717, 1.165) is 30.6 Å². The number of halogens is 3. The highest BCUT2D eigenvalue weighted by Gasteiger charge is 2.25. The average molecular weight is 243 g/mol. The van der Waals surface area contributed by atoms with Gasteiger partial charge in [-0.05, 0) is 42.9 Å². The Kier molecular flexibility index (Phi) is 3.60. The van der Waals surface area contributed by atoms with Crippen LogP contribution >= 0.6 is 0 Å². The maximum Gasteiger partial charge on any atom is 0.389 e. The van der Waals surface area contributed by atoms with Crippen molar-refractivity contribution in [3.63, 3.8) is 0 Å². The molecule has 0 radical (unpaired) electrons. The van der Waals surface area contributed by atoms with E-state index < -0.39 is 12.6 Å². The minimum absolute atomic E-state index is 0.176. The standard InChI is InChI=1S/C13H16F3N/c14-13(15,16)7-1-3-10-5-6-12-11(9-10)4-2-8-17-12/h5-6,9,17H,1-4,7-8H2. The van der Waals surface area contributed by atoms with Gasteiger partial charge in [-0.25, -0.2) is 0 Å². The summed E-state index contributed by atoms with van der Waals surface area (Å²) in [5.41, 5.74) is 3.38. The smallest absolute Gasteiger partial charge is 0.385 e. The zero-order valence-corrected chi connectivity index (χ0v) is 9.61. The Morgan fingerprint density at radius 2 is 2.06 bits per heavy atom. The summed E-state index contributed by atoms with van der Waals surface area (Å²) >= 11 is 0. The van der Waals surface area contributed by atoms with E-state index in [2.05, 4.69) is 5.32 Å². The number of anilines is 1. The maximum absolute atomic E-state index is 12.0. The van der Waals surface area contributed by atoms with Gasteiger partial charge < -0.3 is 5.32 Å². The Hall–Kier alpha value is -1.19. The number of rotatable bonds is 3. The van der Waals surface area contributed by atoms with Crippen molar-refractivity contribution in [2.24, 2.45) is 0 Å². The van der Waals surface area contributed by atoms with Crippen molar-refractivity contribution in [1.29, 1.82) is 0 Å². The lowest BCUT2D eigenvalue weighted by atomic mass is 9.98. The third kappa shape index (κ3) is 3.65. The second kappa shape index (κ2) is 4.98. The first-order valence-corrected chi connectivity index (χ1v) is 5.97. The van der Waals surface area contributed by atoms with Crippen LogP contribution in [0.15, 0.2) is 18.2 Å². The average Bonchev–Trinajstić information content (AvgIpc) is 2.27. The molecular weight excluding hydrogens is 227 g/mol. The molecule has 0 amide bonds. The van der Waals surface area contributed by atoms with Gasteiger partial charge in [0.25, 0.3) is 0 Å². The molecule has 0 atom stereocenters. The number of aryl methyl sites for hydroxylation is 2. The zero-order chi connectivity index (χ0) is 12.3. The van der Waals surface area contributed by atoms with Crippen molar-refractivity contribution in [3.8, 4) is 0 Å². The lowest BCUT2D eigenvalue weighted by Crippen LogP contribution is -2.12. The molecule has 17 heavy (non-hydrogen) atoms. The third-order valence-corrected chi connectivity index (χ3v) is 3.03. The topological polar surface area (TPSA) is 12.0 Å². The summed E-state index contributed by atoms with van der Waals surface area (Å²) in [6.07, 6.45) is -1.92. The molecule has 0 unspecified atom stereocenters. The lowest BCUT2D eigenvalue weighted by molar-refractivity contribution is -0.135. The van der Waals surface area contributed by atoms with E-state index in [1.54, 1.807) is 0 Å². The fourth-order valence-electron chi connectivity index (χ4n) is 2.18. The van der Waals surface area contributed by atoms with Gasteiger partial charge in [0.05, 0.1) is 0 Å². The Morgan fingerprint density at radius 1 is 1.24 bits per heavy atom. The summed E-state index contributed by atoms with van der Waals surface area (Å²) in [5.74, 6) is 0. The highest BCUT2D eigenvalue weighted by molar-refractivity contribution is 5.54. The van der Waals surface area contributed by atoms with E-state index in [1.165, 1.54) is 5.56 Å². The van der Waals surface area contributed by atoms with Crippen LogP contribution in [0.4, 0.5) is 18.9 Å². The van der Waals surface area contributed by atoms with Crippen LogP contribution in [0.5, 0.6) is 0 Å². The zero-order valence-electron chi connectivity index (χ0n) is 9.61. The van der Waals surface area contributed by atoms with Crippen LogP contribution in [0.2, 0.25) is 0 Å². The van der Waals surface area contributed by atoms with Crippen LogP contribution in [0.1, 0.15) is 30.4 Å². The lowest BCUT2D eigenvalue weighted by Gasteiger charge is -2.18. The summed E-state index contributed by atoms with van der Waals surface area (Å²) < 4.78 is 36.1. The molecule has 0 fully saturated rings. The molecule has 0 spiro atoms. The Morgan fingerprint density at radius 3 is 2.82 bits per heavy atom. The first-order valence-electron chi connectivity index (χ1n) is 5.97.